The number of nitrogens with two attached hydrogens (primary N) is 1. The molecule has 2 heterocycles. The molecule has 2 aromatic heterocycles. The van der Waals surface area contributed by atoms with Crippen LogP contribution >= 0.6 is 0 Å². The van der Waals surface area contributed by atoms with E-state index in [1.54, 1.807) is 19.9 Å². The molecule has 0 aliphatic heterocycles. The lowest BCUT2D eigenvalue weighted by molar-refractivity contribution is -0.284. The Morgan fingerprint density at radius 1 is 1.07 bits per heavy atom. The molecule has 0 saturated heterocycles. The lowest BCUT2D eigenvalue weighted by Gasteiger charge is -2.32. The number of nitrogens with zero attached hydrogens (tertiary/aromatic N) is 3. The van der Waals surface area contributed by atoms with E-state index >= 15 is 0 Å². The molecule has 0 unspecified atom stereocenters. The number of carbonyl (C=O) groups excluding carboxylic acids is 2. The van der Waals surface area contributed by atoms with Crippen LogP contribution in [0.15, 0.2) is 24.3 Å². The van der Waals surface area contributed by atoms with Crippen molar-refractivity contribution in [3.8, 4) is 0 Å². The standard InChI is InChI=1S/C28H32F8N6O2/c1-13(2)42-20(24(37)44)11-19(41-42)23(15-6-8-26(29,30)9-7-15)25-39-17-5-4-16(10-18(17)40-25)14(3)38-22(43)12-21(27(31,32)33)28(34,35)36/h4-5,10-11,13-15,21,23H,6-9,12H2,1-3H3,(H2,37,44)(H,38,43)(H,39,40)/t14-,23+/m1/s1. The van der Waals surface area contributed by atoms with Gasteiger partial charge < -0.3 is 16.0 Å². The molecule has 0 spiro atoms. The molecule has 4 rings (SSSR count). The van der Waals surface area contributed by atoms with Gasteiger partial charge in [-0.25, -0.2) is 13.8 Å². The van der Waals surface area contributed by atoms with Crippen LogP contribution in [-0.2, 0) is 4.79 Å². The minimum absolute atomic E-state index is 0.141. The van der Waals surface area contributed by atoms with Gasteiger partial charge in [0.15, 0.2) is 5.92 Å². The van der Waals surface area contributed by atoms with E-state index in [0.29, 0.717) is 28.1 Å². The molecule has 0 radical (unpaired) electrons. The van der Waals surface area contributed by atoms with Crippen molar-refractivity contribution in [1.29, 1.82) is 0 Å². The largest absolute Gasteiger partial charge is 0.400 e. The summed E-state index contributed by atoms with van der Waals surface area (Å²) >= 11 is 0. The van der Waals surface area contributed by atoms with Crippen molar-refractivity contribution in [2.24, 2.45) is 17.6 Å². The molecule has 8 nitrogen and oxygen atoms in total. The number of carbonyl (C=O) groups is 2. The van der Waals surface area contributed by atoms with Crippen molar-refractivity contribution in [3.63, 3.8) is 0 Å². The summed E-state index contributed by atoms with van der Waals surface area (Å²) < 4.78 is 107. The molecule has 3 aromatic rings. The summed E-state index contributed by atoms with van der Waals surface area (Å²) in [6.45, 7) is 5.00. The van der Waals surface area contributed by atoms with Gasteiger partial charge in [0, 0.05) is 25.3 Å². The molecule has 1 saturated carbocycles. The van der Waals surface area contributed by atoms with Crippen LogP contribution in [-0.4, -0.2) is 49.8 Å². The van der Waals surface area contributed by atoms with Gasteiger partial charge in [0.05, 0.1) is 28.7 Å². The highest BCUT2D eigenvalue weighted by atomic mass is 19.4. The molecule has 2 atom stereocenters. The molecule has 16 heteroatoms. The Morgan fingerprint density at radius 2 is 1.68 bits per heavy atom. The predicted molar refractivity (Wildman–Crippen MR) is 143 cm³/mol. The first-order valence-electron chi connectivity index (χ1n) is 14.0. The van der Waals surface area contributed by atoms with Gasteiger partial charge in [-0.2, -0.15) is 31.4 Å². The first kappa shape index (κ1) is 33.2. The molecule has 44 heavy (non-hydrogen) atoms. The summed E-state index contributed by atoms with van der Waals surface area (Å²) in [6.07, 6.45) is -13.5. The molecule has 0 bridgehead atoms. The van der Waals surface area contributed by atoms with E-state index in [2.05, 4.69) is 20.4 Å². The normalized spacial score (nSPS) is 17.8. The van der Waals surface area contributed by atoms with Crippen LogP contribution in [0.1, 0.15) is 98.4 Å². The van der Waals surface area contributed by atoms with Crippen molar-refractivity contribution < 1.29 is 44.7 Å². The SMILES string of the molecule is CC(C)n1nc([C@@H](c2nc3ccc([C@@H](C)NC(=O)CC(C(F)(F)F)C(F)(F)F)cc3[nH]2)C2CCC(F)(F)CC2)cc1C(N)=O. The van der Waals surface area contributed by atoms with E-state index in [1.807, 2.05) is 0 Å². The second-order valence-electron chi connectivity index (χ2n) is 11.6. The van der Waals surface area contributed by atoms with Crippen molar-refractivity contribution in [2.75, 3.05) is 0 Å². The zero-order chi connectivity index (χ0) is 32.8. The molecular weight excluding hydrogens is 604 g/mol. The number of nitrogens with one attached hydrogen (secondary N) is 2. The number of alkyl halides is 8. The van der Waals surface area contributed by atoms with Crippen molar-refractivity contribution in [2.45, 2.75) is 89.2 Å². The molecule has 2 amide bonds. The number of imidazole rings is 1. The maximum atomic E-state index is 14.0. The fourth-order valence-corrected chi connectivity index (χ4v) is 5.59. The number of H-pyrrole nitrogens is 1. The number of aromatic nitrogens is 4. The van der Waals surface area contributed by atoms with Gasteiger partial charge in [-0.3, -0.25) is 14.3 Å². The van der Waals surface area contributed by atoms with Gasteiger partial charge in [-0.15, -0.1) is 0 Å². The number of rotatable bonds is 9. The maximum absolute atomic E-state index is 14.0. The highest BCUT2D eigenvalue weighted by Gasteiger charge is 2.57. The van der Waals surface area contributed by atoms with Gasteiger partial charge in [0.25, 0.3) is 5.91 Å². The number of primary amides is 1. The summed E-state index contributed by atoms with van der Waals surface area (Å²) in [5.74, 6) is -9.33. The van der Waals surface area contributed by atoms with Crippen LogP contribution in [0.4, 0.5) is 35.1 Å². The molecule has 1 aromatic carbocycles. The molecule has 1 fully saturated rings. The number of benzene rings is 1. The van der Waals surface area contributed by atoms with E-state index in [1.165, 1.54) is 29.8 Å². The minimum Gasteiger partial charge on any atom is -0.364 e. The van der Waals surface area contributed by atoms with Crippen LogP contribution in [0, 0.1) is 11.8 Å². The maximum Gasteiger partial charge on any atom is 0.400 e. The number of halogens is 8. The van der Waals surface area contributed by atoms with Crippen molar-refractivity contribution in [1.82, 2.24) is 25.1 Å². The molecule has 242 valence electrons. The lowest BCUT2D eigenvalue weighted by atomic mass is 9.77. The number of fused-ring (bicyclic) bond motifs is 1. The van der Waals surface area contributed by atoms with Gasteiger partial charge >= 0.3 is 12.4 Å². The smallest absolute Gasteiger partial charge is 0.364 e. The van der Waals surface area contributed by atoms with Gasteiger partial charge in [-0.05, 0) is 63.3 Å². The van der Waals surface area contributed by atoms with Gasteiger partial charge in [-0.1, -0.05) is 6.07 Å². The van der Waals surface area contributed by atoms with E-state index in [0.717, 1.165) is 0 Å². The summed E-state index contributed by atoms with van der Waals surface area (Å²) in [4.78, 5) is 32.1. The Kier molecular flexibility index (Phi) is 9.04. The second kappa shape index (κ2) is 12.0. The van der Waals surface area contributed by atoms with Crippen LogP contribution in [0.2, 0.25) is 0 Å². The number of amides is 2. The summed E-state index contributed by atoms with van der Waals surface area (Å²) in [5.41, 5.74) is 7.33. The predicted octanol–water partition coefficient (Wildman–Crippen LogP) is 6.70. The van der Waals surface area contributed by atoms with Crippen molar-refractivity contribution in [3.05, 3.63) is 47.0 Å². The molecule has 1 aliphatic carbocycles. The molecule has 4 N–H and O–H groups in total. The Morgan fingerprint density at radius 3 is 2.20 bits per heavy atom. The van der Waals surface area contributed by atoms with Crippen LogP contribution < -0.4 is 11.1 Å². The zero-order valence-corrected chi connectivity index (χ0v) is 24.0. The van der Waals surface area contributed by atoms with Crippen LogP contribution in [0.5, 0.6) is 0 Å². The lowest BCUT2D eigenvalue weighted by Crippen LogP contribution is -2.41. The van der Waals surface area contributed by atoms with Crippen molar-refractivity contribution >= 4 is 22.8 Å². The molecular formula is C28H32F8N6O2. The van der Waals surface area contributed by atoms with E-state index in [-0.39, 0.29) is 43.3 Å². The first-order chi connectivity index (χ1) is 20.3. The highest BCUT2D eigenvalue weighted by molar-refractivity contribution is 5.91. The minimum atomic E-state index is -5.64. The first-order valence-corrected chi connectivity index (χ1v) is 14.0. The Bertz CT molecular complexity index is 1490. The number of hydrogen-bond acceptors (Lipinski definition) is 4. The summed E-state index contributed by atoms with van der Waals surface area (Å²) in [6, 6.07) is 4.92. The van der Waals surface area contributed by atoms with E-state index < -0.39 is 54.4 Å². The summed E-state index contributed by atoms with van der Waals surface area (Å²) in [7, 11) is 0. The zero-order valence-electron chi connectivity index (χ0n) is 24.0. The average molecular weight is 637 g/mol. The highest BCUT2D eigenvalue weighted by Crippen LogP contribution is 2.45. The van der Waals surface area contributed by atoms with Crippen LogP contribution in [0.25, 0.3) is 11.0 Å². The Balaban J connectivity index is 1.64. The second-order valence-corrected chi connectivity index (χ2v) is 11.6. The molecule has 1 aliphatic rings. The Labute approximate surface area is 246 Å². The topological polar surface area (TPSA) is 119 Å². The third-order valence-electron chi connectivity index (χ3n) is 7.92. The quantitative estimate of drug-likeness (QED) is 0.227. The third-order valence-corrected chi connectivity index (χ3v) is 7.92. The third kappa shape index (κ3) is 7.32. The average Bonchev–Trinajstić information content (AvgIpc) is 3.52. The Hall–Kier alpha value is -3.72. The van der Waals surface area contributed by atoms with Gasteiger partial charge in [0.1, 0.15) is 11.5 Å². The fourth-order valence-electron chi connectivity index (χ4n) is 5.59. The summed E-state index contributed by atoms with van der Waals surface area (Å²) in [5, 5.41) is 6.77. The fraction of sp³-hybridized carbons (Fsp3) is 0.571. The van der Waals surface area contributed by atoms with Crippen LogP contribution in [0.3, 0.4) is 0 Å². The number of hydrogen-bond donors (Lipinski definition) is 3. The van der Waals surface area contributed by atoms with E-state index in [4.69, 9.17) is 5.73 Å². The van der Waals surface area contributed by atoms with Gasteiger partial charge in [0.2, 0.25) is 11.8 Å². The number of aromatic amines is 1. The van der Waals surface area contributed by atoms with E-state index in [9.17, 15) is 44.7 Å². The monoisotopic (exact) mass is 636 g/mol.